The number of para-hydroxylation sites is 2. The van der Waals surface area contributed by atoms with Crippen LogP contribution in [0.5, 0.6) is 0 Å². The van der Waals surface area contributed by atoms with Crippen molar-refractivity contribution in [3.8, 4) is 5.69 Å². The maximum Gasteiger partial charge on any atom is 0.257 e. The number of pyridine rings is 1. The zero-order valence-electron chi connectivity index (χ0n) is 15.5. The predicted octanol–water partition coefficient (Wildman–Crippen LogP) is 4.34. The Kier molecular flexibility index (Phi) is 5.22. The number of carbonyl (C=O) groups is 1. The molecule has 29 heavy (non-hydrogen) atoms. The normalized spacial score (nSPS) is 10.6. The highest BCUT2D eigenvalue weighted by molar-refractivity contribution is 6.33. The Morgan fingerprint density at radius 1 is 1.07 bits per heavy atom. The molecule has 0 aliphatic carbocycles. The molecule has 0 spiro atoms. The van der Waals surface area contributed by atoms with Gasteiger partial charge in [0.15, 0.2) is 0 Å². The largest absolute Gasteiger partial charge is 0.329 e. The molecule has 7 nitrogen and oxygen atoms in total. The molecule has 1 amide bonds. The third kappa shape index (κ3) is 3.95. The minimum atomic E-state index is -0.296. The van der Waals surface area contributed by atoms with Crippen molar-refractivity contribution in [3.05, 3.63) is 90.1 Å². The van der Waals surface area contributed by atoms with Gasteiger partial charge in [0.25, 0.3) is 5.91 Å². The molecule has 0 aliphatic heterocycles. The number of amides is 1. The molecule has 4 rings (SSSR count). The van der Waals surface area contributed by atoms with E-state index >= 15 is 0 Å². The van der Waals surface area contributed by atoms with Gasteiger partial charge in [0.05, 0.1) is 16.3 Å². The van der Waals surface area contributed by atoms with Gasteiger partial charge in [-0.2, -0.15) is 5.10 Å². The van der Waals surface area contributed by atoms with Gasteiger partial charge >= 0.3 is 0 Å². The van der Waals surface area contributed by atoms with E-state index in [0.717, 1.165) is 11.5 Å². The van der Waals surface area contributed by atoms with E-state index in [9.17, 15) is 4.79 Å². The average molecular weight is 405 g/mol. The molecule has 0 saturated heterocycles. The van der Waals surface area contributed by atoms with E-state index in [0.29, 0.717) is 22.0 Å². The fourth-order valence-corrected chi connectivity index (χ4v) is 3.13. The van der Waals surface area contributed by atoms with Crippen LogP contribution in [0.3, 0.4) is 0 Å². The highest BCUT2D eigenvalue weighted by Gasteiger charge is 2.15. The lowest BCUT2D eigenvalue weighted by atomic mass is 10.2. The summed E-state index contributed by atoms with van der Waals surface area (Å²) in [6, 6.07) is 18.7. The van der Waals surface area contributed by atoms with E-state index in [1.807, 2.05) is 42.3 Å². The Morgan fingerprint density at radius 3 is 2.59 bits per heavy atom. The van der Waals surface area contributed by atoms with Gasteiger partial charge in [-0.25, -0.2) is 14.6 Å². The molecule has 144 valence electrons. The second kappa shape index (κ2) is 8.12. The minimum absolute atomic E-state index is 0.296. The van der Waals surface area contributed by atoms with E-state index in [1.54, 1.807) is 36.5 Å². The number of nitrogens with one attached hydrogen (secondary N) is 1. The summed E-state index contributed by atoms with van der Waals surface area (Å²) >= 11 is 6.31. The Balaban J connectivity index is 1.55. The Labute approximate surface area is 172 Å². The maximum absolute atomic E-state index is 12.7. The first-order valence-electron chi connectivity index (χ1n) is 8.83. The fraction of sp³-hybridized carbons (Fsp3) is 0.0476. The predicted molar refractivity (Wildman–Crippen MR) is 113 cm³/mol. The number of rotatable bonds is 5. The number of halogens is 1. The van der Waals surface area contributed by atoms with Crippen molar-refractivity contribution in [1.82, 2.24) is 19.7 Å². The van der Waals surface area contributed by atoms with E-state index in [-0.39, 0.29) is 5.91 Å². The topological polar surface area (TPSA) is 75.9 Å². The van der Waals surface area contributed by atoms with Gasteiger partial charge in [0.1, 0.15) is 24.2 Å². The van der Waals surface area contributed by atoms with E-state index < -0.39 is 0 Å². The van der Waals surface area contributed by atoms with Crippen LogP contribution in [0.15, 0.2) is 79.5 Å². The molecular formula is C21H17ClN6O. The van der Waals surface area contributed by atoms with Gasteiger partial charge in [0.2, 0.25) is 0 Å². The van der Waals surface area contributed by atoms with E-state index in [1.165, 1.54) is 17.3 Å². The smallest absolute Gasteiger partial charge is 0.257 e. The second-order valence-corrected chi connectivity index (χ2v) is 6.64. The van der Waals surface area contributed by atoms with Crippen molar-refractivity contribution in [2.45, 2.75) is 0 Å². The van der Waals surface area contributed by atoms with E-state index in [4.69, 9.17) is 11.6 Å². The molecule has 2 heterocycles. The summed E-state index contributed by atoms with van der Waals surface area (Å²) in [5, 5.41) is 7.42. The number of nitrogens with zero attached hydrogens (tertiary/aromatic N) is 5. The lowest BCUT2D eigenvalue weighted by molar-refractivity contribution is 0.102. The van der Waals surface area contributed by atoms with Gasteiger partial charge < -0.3 is 10.2 Å². The van der Waals surface area contributed by atoms with Crippen molar-refractivity contribution in [1.29, 1.82) is 0 Å². The third-order valence-electron chi connectivity index (χ3n) is 4.38. The number of benzene rings is 2. The molecule has 0 saturated carbocycles. The van der Waals surface area contributed by atoms with Gasteiger partial charge in [-0.3, -0.25) is 4.79 Å². The molecule has 0 bridgehead atoms. The van der Waals surface area contributed by atoms with Crippen LogP contribution in [-0.2, 0) is 0 Å². The first kappa shape index (κ1) is 18.6. The Hall–Kier alpha value is -3.71. The van der Waals surface area contributed by atoms with Crippen LogP contribution >= 0.6 is 11.6 Å². The van der Waals surface area contributed by atoms with Crippen LogP contribution in [0, 0.1) is 0 Å². The van der Waals surface area contributed by atoms with Crippen LogP contribution in [0.4, 0.5) is 17.2 Å². The lowest BCUT2D eigenvalue weighted by Gasteiger charge is -2.18. The van der Waals surface area contributed by atoms with Crippen LogP contribution in [0.2, 0.25) is 5.02 Å². The second-order valence-electron chi connectivity index (χ2n) is 6.23. The molecule has 0 atom stereocenters. The van der Waals surface area contributed by atoms with Crippen LogP contribution < -0.4 is 10.2 Å². The summed E-state index contributed by atoms with van der Waals surface area (Å²) in [5.74, 6) is 0.439. The maximum atomic E-state index is 12.7. The van der Waals surface area contributed by atoms with Crippen molar-refractivity contribution >= 4 is 34.7 Å². The number of hydrogen-bond acceptors (Lipinski definition) is 5. The average Bonchev–Trinajstić information content (AvgIpc) is 3.28. The molecule has 0 fully saturated rings. The zero-order chi connectivity index (χ0) is 20.2. The van der Waals surface area contributed by atoms with Gasteiger partial charge in [0, 0.05) is 18.9 Å². The van der Waals surface area contributed by atoms with Crippen molar-refractivity contribution in [3.63, 3.8) is 0 Å². The summed E-state index contributed by atoms with van der Waals surface area (Å²) in [7, 11) is 1.92. The Bertz CT molecular complexity index is 1110. The van der Waals surface area contributed by atoms with Gasteiger partial charge in [-0.05, 0) is 36.4 Å². The van der Waals surface area contributed by atoms with E-state index in [2.05, 4.69) is 20.4 Å². The molecule has 1 N–H and O–H groups in total. The first-order chi connectivity index (χ1) is 14.1. The molecular weight excluding hydrogens is 388 g/mol. The monoisotopic (exact) mass is 404 g/mol. The molecule has 0 radical (unpaired) electrons. The standard InChI is InChI=1S/C21H17ClN6O/c1-27(16-6-3-2-4-7-16)19-11-10-15(12-24-19)21(29)26-18-9-5-8-17(22)20(18)28-14-23-13-25-28/h2-14H,1H3,(H,26,29). The molecule has 2 aromatic heterocycles. The van der Waals surface area contributed by atoms with Gasteiger partial charge in [-0.15, -0.1) is 0 Å². The summed E-state index contributed by atoms with van der Waals surface area (Å²) in [4.78, 5) is 23.0. The SMILES string of the molecule is CN(c1ccccc1)c1ccc(C(=O)Nc2cccc(Cl)c2-n2cncn2)cn1. The van der Waals surface area contributed by atoms with Crippen LogP contribution in [-0.4, -0.2) is 32.7 Å². The Morgan fingerprint density at radius 2 is 1.90 bits per heavy atom. The zero-order valence-corrected chi connectivity index (χ0v) is 16.3. The number of aromatic nitrogens is 4. The highest BCUT2D eigenvalue weighted by Crippen LogP contribution is 2.28. The summed E-state index contributed by atoms with van der Waals surface area (Å²) < 4.78 is 1.51. The highest BCUT2D eigenvalue weighted by atomic mass is 35.5. The van der Waals surface area contributed by atoms with Crippen LogP contribution in [0.25, 0.3) is 5.69 Å². The van der Waals surface area contributed by atoms with Crippen LogP contribution in [0.1, 0.15) is 10.4 Å². The third-order valence-corrected chi connectivity index (χ3v) is 4.69. The quantitative estimate of drug-likeness (QED) is 0.535. The number of anilines is 3. The summed E-state index contributed by atoms with van der Waals surface area (Å²) in [6.45, 7) is 0. The first-order valence-corrected chi connectivity index (χ1v) is 9.21. The molecule has 4 aromatic rings. The fourth-order valence-electron chi connectivity index (χ4n) is 2.87. The number of carbonyl (C=O) groups excluding carboxylic acids is 1. The number of hydrogen-bond donors (Lipinski definition) is 1. The van der Waals surface area contributed by atoms with Crippen molar-refractivity contribution < 1.29 is 4.79 Å². The lowest BCUT2D eigenvalue weighted by Crippen LogP contribution is -2.16. The summed E-state index contributed by atoms with van der Waals surface area (Å²) in [5.41, 5.74) is 2.51. The molecule has 8 heteroatoms. The molecule has 0 aliphatic rings. The minimum Gasteiger partial charge on any atom is -0.329 e. The molecule has 2 aromatic carbocycles. The van der Waals surface area contributed by atoms with Crippen molar-refractivity contribution in [2.24, 2.45) is 0 Å². The molecule has 0 unspecified atom stereocenters. The van der Waals surface area contributed by atoms with Gasteiger partial charge in [-0.1, -0.05) is 35.9 Å². The van der Waals surface area contributed by atoms with Crippen molar-refractivity contribution in [2.75, 3.05) is 17.3 Å². The summed E-state index contributed by atoms with van der Waals surface area (Å²) in [6.07, 6.45) is 4.47.